The average molecular weight is 363 g/mol. The van der Waals surface area contributed by atoms with E-state index < -0.39 is 4.92 Å². The second-order valence-electron chi connectivity index (χ2n) is 7.09. The molecule has 8 nitrogen and oxygen atoms in total. The lowest BCUT2D eigenvalue weighted by atomic mass is 9.74. The number of carbonyl (C=O) groups excluding carboxylic acids is 1. The van der Waals surface area contributed by atoms with Crippen molar-refractivity contribution in [3.8, 4) is 11.5 Å². The van der Waals surface area contributed by atoms with E-state index in [-0.39, 0.29) is 28.3 Å². The van der Waals surface area contributed by atoms with Crippen LogP contribution in [0.3, 0.4) is 0 Å². The molecular formula is C18H25N3O5. The zero-order valence-corrected chi connectivity index (χ0v) is 15.2. The fraction of sp³-hybridized carbons (Fsp3) is 0.611. The van der Waals surface area contributed by atoms with Crippen molar-refractivity contribution in [2.75, 3.05) is 40.4 Å². The Labute approximate surface area is 152 Å². The van der Waals surface area contributed by atoms with Crippen LogP contribution < -0.4 is 14.8 Å². The van der Waals surface area contributed by atoms with Gasteiger partial charge in [0.25, 0.3) is 11.6 Å². The van der Waals surface area contributed by atoms with Crippen molar-refractivity contribution >= 4 is 11.6 Å². The summed E-state index contributed by atoms with van der Waals surface area (Å²) in [6.45, 7) is 3.15. The maximum atomic E-state index is 13.1. The minimum atomic E-state index is -0.545. The van der Waals surface area contributed by atoms with Crippen LogP contribution in [0.15, 0.2) is 12.1 Å². The Morgan fingerprint density at radius 3 is 2.54 bits per heavy atom. The number of nitro benzene ring substituents is 1. The average Bonchev–Trinajstić information content (AvgIpc) is 2.66. The minimum Gasteiger partial charge on any atom is -0.493 e. The number of nitrogens with zero attached hydrogens (tertiary/aromatic N) is 2. The number of piperidine rings is 2. The van der Waals surface area contributed by atoms with Gasteiger partial charge in [0.1, 0.15) is 5.56 Å². The summed E-state index contributed by atoms with van der Waals surface area (Å²) >= 11 is 0. The molecule has 1 amide bonds. The number of benzene rings is 1. The summed E-state index contributed by atoms with van der Waals surface area (Å²) in [5.41, 5.74) is -0.125. The number of ether oxygens (including phenoxy) is 2. The number of nitrogens with one attached hydrogen (secondary N) is 1. The predicted molar refractivity (Wildman–Crippen MR) is 95.9 cm³/mol. The van der Waals surface area contributed by atoms with Crippen LogP contribution >= 0.6 is 0 Å². The van der Waals surface area contributed by atoms with Crippen molar-refractivity contribution in [1.29, 1.82) is 0 Å². The molecule has 2 aliphatic heterocycles. The number of carbonyl (C=O) groups is 1. The molecule has 2 heterocycles. The molecule has 0 radical (unpaired) electrons. The highest BCUT2D eigenvalue weighted by Gasteiger charge is 2.39. The van der Waals surface area contributed by atoms with Crippen LogP contribution in [0.5, 0.6) is 11.5 Å². The van der Waals surface area contributed by atoms with Crippen molar-refractivity contribution in [2.45, 2.75) is 25.7 Å². The molecule has 3 rings (SSSR count). The summed E-state index contributed by atoms with van der Waals surface area (Å²) in [7, 11) is 2.86. The molecule has 0 aromatic heterocycles. The monoisotopic (exact) mass is 363 g/mol. The quantitative estimate of drug-likeness (QED) is 0.651. The van der Waals surface area contributed by atoms with Gasteiger partial charge in [-0.25, -0.2) is 0 Å². The van der Waals surface area contributed by atoms with Gasteiger partial charge in [0, 0.05) is 31.1 Å². The first kappa shape index (κ1) is 18.4. The number of amides is 1. The Hall–Kier alpha value is -2.35. The molecule has 2 aliphatic rings. The molecule has 1 atom stereocenters. The van der Waals surface area contributed by atoms with Gasteiger partial charge >= 0.3 is 0 Å². The van der Waals surface area contributed by atoms with Crippen LogP contribution in [0, 0.1) is 15.5 Å². The van der Waals surface area contributed by atoms with Crippen LogP contribution in [-0.2, 0) is 0 Å². The molecule has 26 heavy (non-hydrogen) atoms. The lowest BCUT2D eigenvalue weighted by Gasteiger charge is -2.45. The highest BCUT2D eigenvalue weighted by Crippen LogP contribution is 2.39. The van der Waals surface area contributed by atoms with Gasteiger partial charge in [0.2, 0.25) is 0 Å². The predicted octanol–water partition coefficient (Wildman–Crippen LogP) is 2.22. The molecule has 0 saturated carbocycles. The third kappa shape index (κ3) is 3.46. The summed E-state index contributed by atoms with van der Waals surface area (Å²) in [6, 6.07) is 2.67. The molecule has 1 unspecified atom stereocenters. The molecular weight excluding hydrogens is 338 g/mol. The highest BCUT2D eigenvalue weighted by atomic mass is 16.6. The van der Waals surface area contributed by atoms with Crippen LogP contribution in [0.4, 0.5) is 5.69 Å². The summed E-state index contributed by atoms with van der Waals surface area (Å²) < 4.78 is 10.4. The van der Waals surface area contributed by atoms with Gasteiger partial charge < -0.3 is 19.7 Å². The molecule has 1 aromatic rings. The fourth-order valence-corrected chi connectivity index (χ4v) is 4.12. The molecule has 2 fully saturated rings. The van der Waals surface area contributed by atoms with E-state index in [1.54, 1.807) is 4.90 Å². The van der Waals surface area contributed by atoms with E-state index in [0.717, 1.165) is 38.8 Å². The van der Waals surface area contributed by atoms with E-state index in [1.807, 2.05) is 0 Å². The Bertz CT molecular complexity index is 695. The van der Waals surface area contributed by atoms with Gasteiger partial charge in [-0.05, 0) is 32.2 Å². The summed E-state index contributed by atoms with van der Waals surface area (Å²) in [4.78, 5) is 25.8. The zero-order valence-electron chi connectivity index (χ0n) is 15.2. The Morgan fingerprint density at radius 2 is 1.92 bits per heavy atom. The van der Waals surface area contributed by atoms with E-state index in [0.29, 0.717) is 18.8 Å². The van der Waals surface area contributed by atoms with Crippen molar-refractivity contribution in [3.05, 3.63) is 27.8 Å². The van der Waals surface area contributed by atoms with E-state index in [2.05, 4.69) is 5.32 Å². The van der Waals surface area contributed by atoms with Crippen molar-refractivity contribution < 1.29 is 19.2 Å². The maximum Gasteiger partial charge on any atom is 0.286 e. The Morgan fingerprint density at radius 1 is 1.23 bits per heavy atom. The number of rotatable bonds is 4. The number of nitro groups is 1. The lowest BCUT2D eigenvalue weighted by Crippen LogP contribution is -2.52. The van der Waals surface area contributed by atoms with E-state index >= 15 is 0 Å². The first-order valence-electron chi connectivity index (χ1n) is 8.90. The van der Waals surface area contributed by atoms with Gasteiger partial charge in [-0.15, -0.1) is 0 Å². The first-order valence-corrected chi connectivity index (χ1v) is 8.90. The minimum absolute atomic E-state index is 0.0495. The molecule has 1 spiro atoms. The number of likely N-dealkylation sites (tertiary alicyclic amines) is 1. The summed E-state index contributed by atoms with van der Waals surface area (Å²) in [5, 5.41) is 14.9. The Balaban J connectivity index is 1.92. The topological polar surface area (TPSA) is 93.9 Å². The van der Waals surface area contributed by atoms with E-state index in [9.17, 15) is 14.9 Å². The number of hydrogen-bond donors (Lipinski definition) is 1. The number of methoxy groups -OCH3 is 2. The van der Waals surface area contributed by atoms with Crippen LogP contribution in [0.1, 0.15) is 36.0 Å². The molecule has 142 valence electrons. The van der Waals surface area contributed by atoms with Crippen molar-refractivity contribution in [2.24, 2.45) is 5.41 Å². The fourth-order valence-electron chi connectivity index (χ4n) is 4.12. The maximum absolute atomic E-state index is 13.1. The first-order chi connectivity index (χ1) is 12.5. The second kappa shape index (κ2) is 7.49. The van der Waals surface area contributed by atoms with Crippen molar-refractivity contribution in [1.82, 2.24) is 10.2 Å². The third-order valence-electron chi connectivity index (χ3n) is 5.44. The molecule has 8 heteroatoms. The molecule has 0 bridgehead atoms. The third-order valence-corrected chi connectivity index (χ3v) is 5.44. The Kier molecular flexibility index (Phi) is 5.31. The molecule has 2 saturated heterocycles. The highest BCUT2D eigenvalue weighted by molar-refractivity contribution is 5.99. The van der Waals surface area contributed by atoms with Gasteiger partial charge in [0.05, 0.1) is 25.2 Å². The molecule has 1 N–H and O–H groups in total. The second-order valence-corrected chi connectivity index (χ2v) is 7.09. The lowest BCUT2D eigenvalue weighted by molar-refractivity contribution is -0.385. The van der Waals surface area contributed by atoms with Gasteiger partial charge in [0.15, 0.2) is 11.5 Å². The van der Waals surface area contributed by atoms with Gasteiger partial charge in [-0.2, -0.15) is 0 Å². The van der Waals surface area contributed by atoms with Crippen LogP contribution in [0.25, 0.3) is 0 Å². The molecule has 1 aromatic carbocycles. The van der Waals surface area contributed by atoms with Crippen molar-refractivity contribution in [3.63, 3.8) is 0 Å². The SMILES string of the molecule is COc1cc(C(=O)N2CCCC3(CCCNC3)C2)c([N+](=O)[O-])cc1OC. The summed E-state index contributed by atoms with van der Waals surface area (Å²) in [5.74, 6) is 0.233. The van der Waals surface area contributed by atoms with Gasteiger partial charge in [-0.1, -0.05) is 0 Å². The van der Waals surface area contributed by atoms with E-state index in [1.165, 1.54) is 26.4 Å². The van der Waals surface area contributed by atoms with Gasteiger partial charge in [-0.3, -0.25) is 14.9 Å². The zero-order chi connectivity index (χ0) is 18.7. The standard InChI is InChI=1S/C18H25N3O5/c1-25-15-9-13(14(21(23)24)10-16(15)26-2)17(22)20-8-4-6-18(12-20)5-3-7-19-11-18/h9-10,19H,3-8,11-12H2,1-2H3. The van der Waals surface area contributed by atoms with Crippen LogP contribution in [-0.4, -0.2) is 56.1 Å². The smallest absolute Gasteiger partial charge is 0.286 e. The largest absolute Gasteiger partial charge is 0.493 e. The van der Waals surface area contributed by atoms with Crippen LogP contribution in [0.2, 0.25) is 0 Å². The molecule has 0 aliphatic carbocycles. The number of hydrogen-bond acceptors (Lipinski definition) is 6. The van der Waals surface area contributed by atoms with E-state index in [4.69, 9.17) is 9.47 Å². The normalized spacial score (nSPS) is 22.9. The summed E-state index contributed by atoms with van der Waals surface area (Å²) in [6.07, 6.45) is 4.17.